The van der Waals surface area contributed by atoms with Gasteiger partial charge in [0.2, 0.25) is 0 Å². The van der Waals surface area contributed by atoms with E-state index < -0.39 is 11.8 Å². The number of ether oxygens (including phenoxy) is 2. The second-order valence-corrected chi connectivity index (χ2v) is 4.83. The van der Waals surface area contributed by atoms with E-state index in [0.29, 0.717) is 18.8 Å². The van der Waals surface area contributed by atoms with Crippen LogP contribution in [-0.2, 0) is 9.47 Å². The molecule has 0 amide bonds. The molecule has 1 unspecified atom stereocenters. The number of carbonyl (C=O) groups is 1. The lowest BCUT2D eigenvalue weighted by molar-refractivity contribution is 0.0602. The van der Waals surface area contributed by atoms with Gasteiger partial charge in [0.15, 0.2) is 0 Å². The highest BCUT2D eigenvalue weighted by Crippen LogP contribution is 2.28. The number of esters is 1. The number of nitrogen functional groups attached to an aromatic ring is 1. The molecule has 118 valence electrons. The molecule has 0 saturated heterocycles. The average Bonchev–Trinajstić information content (AvgIpc) is 2.48. The predicted molar refractivity (Wildman–Crippen MR) is 81.1 cm³/mol. The van der Waals surface area contributed by atoms with Crippen molar-refractivity contribution in [1.82, 2.24) is 0 Å². The molecular formula is C15H23FN2O3. The van der Waals surface area contributed by atoms with Gasteiger partial charge in [0, 0.05) is 25.4 Å². The minimum Gasteiger partial charge on any atom is -0.465 e. The van der Waals surface area contributed by atoms with Crippen LogP contribution < -0.4 is 10.6 Å². The number of nitrogens with zero attached hydrogens (tertiary/aromatic N) is 1. The first-order valence-corrected chi connectivity index (χ1v) is 6.89. The lowest BCUT2D eigenvalue weighted by Gasteiger charge is -2.31. The van der Waals surface area contributed by atoms with Crippen molar-refractivity contribution in [3.8, 4) is 0 Å². The smallest absolute Gasteiger partial charge is 0.340 e. The van der Waals surface area contributed by atoms with E-state index in [-0.39, 0.29) is 17.3 Å². The van der Waals surface area contributed by atoms with Gasteiger partial charge in [-0.05, 0) is 25.5 Å². The fourth-order valence-corrected chi connectivity index (χ4v) is 2.07. The Morgan fingerprint density at radius 2 is 2.10 bits per heavy atom. The standard InChI is InChI=1S/C15H23FN2O3/c1-5-10(2)18(6-7-20-3)14-8-11(15(19)21-4)13(17)9-12(14)16/h8-10H,5-7,17H2,1-4H3. The Hall–Kier alpha value is -1.82. The van der Waals surface area contributed by atoms with Gasteiger partial charge in [0.05, 0.1) is 25.0 Å². The lowest BCUT2D eigenvalue weighted by atomic mass is 10.1. The van der Waals surface area contributed by atoms with Crippen LogP contribution in [0.4, 0.5) is 15.8 Å². The van der Waals surface area contributed by atoms with Crippen LogP contribution in [0.3, 0.4) is 0 Å². The van der Waals surface area contributed by atoms with E-state index in [1.165, 1.54) is 13.2 Å². The van der Waals surface area contributed by atoms with Crippen molar-refractivity contribution in [3.63, 3.8) is 0 Å². The highest BCUT2D eigenvalue weighted by Gasteiger charge is 2.21. The number of nitrogens with two attached hydrogens (primary N) is 1. The molecule has 0 spiro atoms. The SMILES string of the molecule is CCC(C)N(CCOC)c1cc(C(=O)OC)c(N)cc1F. The van der Waals surface area contributed by atoms with Gasteiger partial charge in [-0.15, -0.1) is 0 Å². The molecule has 0 aliphatic heterocycles. The van der Waals surface area contributed by atoms with Gasteiger partial charge in [-0.1, -0.05) is 6.92 Å². The van der Waals surface area contributed by atoms with E-state index in [1.807, 2.05) is 18.7 Å². The highest BCUT2D eigenvalue weighted by molar-refractivity contribution is 5.96. The van der Waals surface area contributed by atoms with E-state index in [4.69, 9.17) is 10.5 Å². The number of methoxy groups -OCH3 is 2. The maximum atomic E-state index is 14.3. The zero-order valence-corrected chi connectivity index (χ0v) is 13.0. The van der Waals surface area contributed by atoms with Crippen LogP contribution in [0.2, 0.25) is 0 Å². The van der Waals surface area contributed by atoms with E-state index >= 15 is 0 Å². The van der Waals surface area contributed by atoms with Gasteiger partial charge in [-0.25, -0.2) is 9.18 Å². The minimum absolute atomic E-state index is 0.0685. The zero-order chi connectivity index (χ0) is 16.0. The van der Waals surface area contributed by atoms with Gasteiger partial charge < -0.3 is 20.1 Å². The normalized spacial score (nSPS) is 12.0. The van der Waals surface area contributed by atoms with E-state index in [0.717, 1.165) is 12.5 Å². The molecule has 0 radical (unpaired) electrons. The Kier molecular flexibility index (Phi) is 6.42. The summed E-state index contributed by atoms with van der Waals surface area (Å²) in [5.41, 5.74) is 6.26. The zero-order valence-electron chi connectivity index (χ0n) is 13.0. The first kappa shape index (κ1) is 17.2. The maximum absolute atomic E-state index is 14.3. The van der Waals surface area contributed by atoms with Crippen molar-refractivity contribution in [2.45, 2.75) is 26.3 Å². The van der Waals surface area contributed by atoms with E-state index in [1.54, 1.807) is 7.11 Å². The molecule has 0 heterocycles. The summed E-state index contributed by atoms with van der Waals surface area (Å²) < 4.78 is 24.0. The van der Waals surface area contributed by atoms with Gasteiger partial charge in [-0.2, -0.15) is 0 Å². The van der Waals surface area contributed by atoms with Crippen LogP contribution in [0.15, 0.2) is 12.1 Å². The van der Waals surface area contributed by atoms with Crippen molar-refractivity contribution in [2.24, 2.45) is 0 Å². The maximum Gasteiger partial charge on any atom is 0.340 e. The predicted octanol–water partition coefficient (Wildman–Crippen LogP) is 2.45. The van der Waals surface area contributed by atoms with Crippen molar-refractivity contribution in [3.05, 3.63) is 23.5 Å². The molecule has 6 heteroatoms. The van der Waals surface area contributed by atoms with Gasteiger partial charge in [0.25, 0.3) is 0 Å². The molecule has 2 N–H and O–H groups in total. The molecule has 1 aromatic carbocycles. The number of anilines is 2. The number of hydrogen-bond acceptors (Lipinski definition) is 5. The van der Waals surface area contributed by atoms with E-state index in [2.05, 4.69) is 4.74 Å². The molecule has 21 heavy (non-hydrogen) atoms. The summed E-state index contributed by atoms with van der Waals surface area (Å²) in [6, 6.07) is 2.70. The second kappa shape index (κ2) is 7.83. The molecule has 0 bridgehead atoms. The summed E-state index contributed by atoms with van der Waals surface area (Å²) in [5, 5.41) is 0. The Morgan fingerprint density at radius 1 is 1.43 bits per heavy atom. The lowest BCUT2D eigenvalue weighted by Crippen LogP contribution is -2.36. The largest absolute Gasteiger partial charge is 0.465 e. The third-order valence-corrected chi connectivity index (χ3v) is 3.49. The average molecular weight is 298 g/mol. The molecule has 0 fully saturated rings. The summed E-state index contributed by atoms with van der Waals surface area (Å²) in [4.78, 5) is 13.6. The minimum atomic E-state index is -0.579. The topological polar surface area (TPSA) is 64.8 Å². The summed E-state index contributed by atoms with van der Waals surface area (Å²) in [5.74, 6) is -1.04. The molecular weight excluding hydrogens is 275 g/mol. The fourth-order valence-electron chi connectivity index (χ4n) is 2.07. The Bertz CT molecular complexity index is 494. The highest BCUT2D eigenvalue weighted by atomic mass is 19.1. The molecule has 0 saturated carbocycles. The number of benzene rings is 1. The third-order valence-electron chi connectivity index (χ3n) is 3.49. The quantitative estimate of drug-likeness (QED) is 0.619. The summed E-state index contributed by atoms with van der Waals surface area (Å²) >= 11 is 0. The van der Waals surface area contributed by atoms with Gasteiger partial charge in [0.1, 0.15) is 5.82 Å². The fraction of sp³-hybridized carbons (Fsp3) is 0.533. The Balaban J connectivity index is 3.26. The van der Waals surface area contributed by atoms with Crippen molar-refractivity contribution < 1.29 is 18.7 Å². The molecule has 0 aliphatic rings. The first-order valence-electron chi connectivity index (χ1n) is 6.89. The van der Waals surface area contributed by atoms with Crippen LogP contribution >= 0.6 is 0 Å². The van der Waals surface area contributed by atoms with Crippen LogP contribution in [0.25, 0.3) is 0 Å². The van der Waals surface area contributed by atoms with E-state index in [9.17, 15) is 9.18 Å². The number of carbonyl (C=O) groups excluding carboxylic acids is 1. The number of halogens is 1. The van der Waals surface area contributed by atoms with Crippen LogP contribution in [-0.4, -0.2) is 39.4 Å². The molecule has 5 nitrogen and oxygen atoms in total. The number of hydrogen-bond donors (Lipinski definition) is 1. The van der Waals surface area contributed by atoms with Crippen LogP contribution in [0.1, 0.15) is 30.6 Å². The Labute approximate surface area is 124 Å². The van der Waals surface area contributed by atoms with Crippen molar-refractivity contribution >= 4 is 17.3 Å². The Morgan fingerprint density at radius 3 is 2.62 bits per heavy atom. The summed E-state index contributed by atoms with van der Waals surface area (Å²) in [6.07, 6.45) is 0.834. The third kappa shape index (κ3) is 4.07. The molecule has 1 rings (SSSR count). The van der Waals surface area contributed by atoms with Crippen LogP contribution in [0, 0.1) is 5.82 Å². The molecule has 1 aromatic rings. The van der Waals surface area contributed by atoms with Gasteiger partial charge >= 0.3 is 5.97 Å². The second-order valence-electron chi connectivity index (χ2n) is 4.83. The summed E-state index contributed by atoms with van der Waals surface area (Å²) in [7, 11) is 2.86. The molecule has 0 aromatic heterocycles. The monoisotopic (exact) mass is 298 g/mol. The van der Waals surface area contributed by atoms with Gasteiger partial charge in [-0.3, -0.25) is 0 Å². The summed E-state index contributed by atoms with van der Waals surface area (Å²) in [6.45, 7) is 4.98. The van der Waals surface area contributed by atoms with Crippen molar-refractivity contribution in [1.29, 1.82) is 0 Å². The molecule has 1 atom stereocenters. The van der Waals surface area contributed by atoms with Crippen molar-refractivity contribution in [2.75, 3.05) is 38.0 Å². The molecule has 0 aliphatic carbocycles. The first-order chi connectivity index (χ1) is 9.96. The number of rotatable bonds is 7. The van der Waals surface area contributed by atoms with Crippen LogP contribution in [0.5, 0.6) is 0 Å².